The van der Waals surface area contributed by atoms with Gasteiger partial charge >= 0.3 is 5.69 Å². The minimum Gasteiger partial charge on any atom is -0.493 e. The van der Waals surface area contributed by atoms with Crippen LogP contribution >= 0.6 is 11.6 Å². The van der Waals surface area contributed by atoms with Gasteiger partial charge in [0.1, 0.15) is 5.56 Å². The van der Waals surface area contributed by atoms with E-state index in [0.29, 0.717) is 17.1 Å². The number of hydrogen-bond donors (Lipinski definition) is 3. The Morgan fingerprint density at radius 1 is 1.26 bits per heavy atom. The Hall–Kier alpha value is -2.87. The number of nitrogens with zero attached hydrogens (tertiary/aromatic N) is 2. The molecule has 2 rings (SSSR count). The molecule has 2 aromatic rings. The second kappa shape index (κ2) is 9.72. The Morgan fingerprint density at radius 3 is 2.63 bits per heavy atom. The number of H-pyrrole nitrogens is 1. The lowest BCUT2D eigenvalue weighted by Crippen LogP contribution is -2.31. The number of amides is 1. The summed E-state index contributed by atoms with van der Waals surface area (Å²) in [6.07, 6.45) is 5.17. The number of aromatic hydroxyl groups is 1. The van der Waals surface area contributed by atoms with Gasteiger partial charge in [-0.25, -0.2) is 14.8 Å². The summed E-state index contributed by atoms with van der Waals surface area (Å²) in [7, 11) is 0. The lowest BCUT2D eigenvalue weighted by molar-refractivity contribution is -0.121. The van der Waals surface area contributed by atoms with E-state index >= 15 is 0 Å². The van der Waals surface area contributed by atoms with Crippen LogP contribution in [0.3, 0.4) is 0 Å². The quantitative estimate of drug-likeness (QED) is 0.363. The summed E-state index contributed by atoms with van der Waals surface area (Å²) in [4.78, 5) is 37.8. The predicted octanol–water partition coefficient (Wildman–Crippen LogP) is 2.31. The highest BCUT2D eigenvalue weighted by atomic mass is 35.5. The molecule has 1 heterocycles. The summed E-state index contributed by atoms with van der Waals surface area (Å²) in [5, 5.41) is 14.5. The van der Waals surface area contributed by atoms with Crippen LogP contribution in [0, 0.1) is 0 Å². The molecular formula is C18H21ClN4O4. The van der Waals surface area contributed by atoms with Crippen molar-refractivity contribution in [3.63, 3.8) is 0 Å². The van der Waals surface area contributed by atoms with E-state index in [4.69, 9.17) is 11.6 Å². The monoisotopic (exact) mass is 392 g/mol. The van der Waals surface area contributed by atoms with Crippen molar-refractivity contribution < 1.29 is 9.90 Å². The van der Waals surface area contributed by atoms with E-state index < -0.39 is 17.1 Å². The second-order valence-corrected chi connectivity index (χ2v) is 6.35. The molecule has 0 saturated carbocycles. The lowest BCUT2D eigenvalue weighted by atomic mass is 10.1. The molecule has 27 heavy (non-hydrogen) atoms. The molecule has 0 aliphatic carbocycles. The minimum absolute atomic E-state index is 0.254. The van der Waals surface area contributed by atoms with Gasteiger partial charge in [-0.05, 0) is 30.7 Å². The summed E-state index contributed by atoms with van der Waals surface area (Å²) in [5.41, 5.74) is 0.740. The van der Waals surface area contributed by atoms with Crippen LogP contribution in [-0.4, -0.2) is 26.8 Å². The van der Waals surface area contributed by atoms with Gasteiger partial charge in [0.25, 0.3) is 5.56 Å². The maximum absolute atomic E-state index is 12.1. The number of aromatic amines is 1. The van der Waals surface area contributed by atoms with Crippen LogP contribution < -0.4 is 16.7 Å². The molecule has 0 atom stereocenters. The van der Waals surface area contributed by atoms with Crippen LogP contribution in [0.15, 0.2) is 39.0 Å². The van der Waals surface area contributed by atoms with Gasteiger partial charge < -0.3 is 5.11 Å². The number of hydrazone groups is 1. The van der Waals surface area contributed by atoms with Crippen molar-refractivity contribution in [2.75, 3.05) is 0 Å². The number of unbranched alkanes of at least 4 members (excludes halogenated alkanes) is 3. The van der Waals surface area contributed by atoms with E-state index in [1.807, 2.05) is 0 Å². The minimum atomic E-state index is -0.816. The van der Waals surface area contributed by atoms with Gasteiger partial charge in [0.2, 0.25) is 11.8 Å². The molecule has 1 aromatic heterocycles. The Labute approximate surface area is 160 Å². The van der Waals surface area contributed by atoms with Gasteiger partial charge in [-0.2, -0.15) is 5.10 Å². The van der Waals surface area contributed by atoms with Crippen LogP contribution in [0.25, 0.3) is 5.69 Å². The van der Waals surface area contributed by atoms with E-state index in [1.165, 1.54) is 12.1 Å². The van der Waals surface area contributed by atoms with Crippen molar-refractivity contribution in [1.82, 2.24) is 15.0 Å². The number of halogens is 1. The third kappa shape index (κ3) is 5.55. The molecule has 8 nitrogen and oxygen atoms in total. The van der Waals surface area contributed by atoms with Gasteiger partial charge in [0, 0.05) is 11.4 Å². The average Bonchev–Trinajstić information content (AvgIpc) is 2.63. The Balaban J connectivity index is 2.19. The molecule has 1 amide bonds. The first-order valence-electron chi connectivity index (χ1n) is 8.60. The molecule has 0 radical (unpaired) electrons. The molecule has 0 aliphatic rings. The summed E-state index contributed by atoms with van der Waals surface area (Å²) in [6, 6.07) is 6.11. The number of benzene rings is 1. The van der Waals surface area contributed by atoms with Crippen molar-refractivity contribution in [2.24, 2.45) is 5.10 Å². The zero-order valence-corrected chi connectivity index (χ0v) is 15.6. The number of carbonyl (C=O) groups excluding carboxylic acids is 1. The predicted molar refractivity (Wildman–Crippen MR) is 104 cm³/mol. The number of rotatable bonds is 8. The average molecular weight is 393 g/mol. The summed E-state index contributed by atoms with van der Waals surface area (Å²) in [6.45, 7) is 2.08. The summed E-state index contributed by atoms with van der Waals surface area (Å²) in [5.74, 6) is -0.878. The van der Waals surface area contributed by atoms with Crippen molar-refractivity contribution in [3.8, 4) is 11.6 Å². The highest BCUT2D eigenvalue weighted by molar-refractivity contribution is 6.30. The molecule has 9 heteroatoms. The third-order valence-electron chi connectivity index (χ3n) is 3.85. The normalized spacial score (nSPS) is 11.0. The van der Waals surface area contributed by atoms with Crippen molar-refractivity contribution in [1.29, 1.82) is 0 Å². The van der Waals surface area contributed by atoms with Gasteiger partial charge in [-0.15, -0.1) is 0 Å². The molecule has 0 spiro atoms. The zero-order chi connectivity index (χ0) is 19.8. The highest BCUT2D eigenvalue weighted by Gasteiger charge is 2.14. The van der Waals surface area contributed by atoms with Crippen molar-refractivity contribution in [2.45, 2.75) is 39.0 Å². The maximum atomic E-state index is 12.1. The first-order chi connectivity index (χ1) is 12.9. The number of aromatic nitrogens is 2. The van der Waals surface area contributed by atoms with E-state index in [0.717, 1.165) is 36.5 Å². The Kier molecular flexibility index (Phi) is 7.36. The third-order valence-corrected chi connectivity index (χ3v) is 4.10. The van der Waals surface area contributed by atoms with E-state index in [-0.39, 0.29) is 11.5 Å². The van der Waals surface area contributed by atoms with E-state index in [1.54, 1.807) is 12.1 Å². The summed E-state index contributed by atoms with van der Waals surface area (Å²) < 4.78 is 0.908. The molecule has 144 valence electrons. The number of carbonyl (C=O) groups is 1. The van der Waals surface area contributed by atoms with Crippen LogP contribution in [0.5, 0.6) is 5.88 Å². The zero-order valence-electron chi connectivity index (χ0n) is 14.9. The Bertz CT molecular complexity index is 932. The molecule has 0 bridgehead atoms. The molecule has 0 saturated heterocycles. The number of nitrogens with one attached hydrogen (secondary N) is 2. The first-order valence-corrected chi connectivity index (χ1v) is 8.98. The van der Waals surface area contributed by atoms with E-state index in [9.17, 15) is 19.5 Å². The molecule has 1 aromatic carbocycles. The van der Waals surface area contributed by atoms with Crippen LogP contribution in [0.2, 0.25) is 5.02 Å². The molecule has 3 N–H and O–H groups in total. The summed E-state index contributed by atoms with van der Waals surface area (Å²) >= 11 is 5.82. The van der Waals surface area contributed by atoms with Crippen molar-refractivity contribution >= 4 is 23.7 Å². The van der Waals surface area contributed by atoms with Gasteiger partial charge in [0.15, 0.2) is 0 Å². The molecule has 0 aliphatic heterocycles. The Morgan fingerprint density at radius 2 is 1.96 bits per heavy atom. The van der Waals surface area contributed by atoms with Crippen LogP contribution in [0.4, 0.5) is 0 Å². The molecular weight excluding hydrogens is 372 g/mol. The maximum Gasteiger partial charge on any atom is 0.335 e. The highest BCUT2D eigenvalue weighted by Crippen LogP contribution is 2.17. The number of hydrogen-bond acceptors (Lipinski definition) is 5. The fourth-order valence-electron chi connectivity index (χ4n) is 2.42. The van der Waals surface area contributed by atoms with Crippen LogP contribution in [-0.2, 0) is 4.79 Å². The van der Waals surface area contributed by atoms with Gasteiger partial charge in [0.05, 0.1) is 11.9 Å². The van der Waals surface area contributed by atoms with Crippen molar-refractivity contribution in [3.05, 3.63) is 55.7 Å². The smallest absolute Gasteiger partial charge is 0.335 e. The molecule has 0 fully saturated rings. The fraction of sp³-hybridized carbons (Fsp3) is 0.333. The van der Waals surface area contributed by atoms with E-state index in [2.05, 4.69) is 22.4 Å². The molecule has 0 unspecified atom stereocenters. The van der Waals surface area contributed by atoms with Gasteiger partial charge in [-0.1, -0.05) is 37.8 Å². The first kappa shape index (κ1) is 20.4. The second-order valence-electron chi connectivity index (χ2n) is 5.91. The topological polar surface area (TPSA) is 117 Å². The van der Waals surface area contributed by atoms with Crippen LogP contribution in [0.1, 0.15) is 44.6 Å². The standard InChI is InChI=1S/C18H21ClN4O4/c1-2-3-4-5-6-15(24)22-20-11-14-16(25)21-18(27)23(17(14)26)13-9-7-12(19)8-10-13/h7-11,26H,2-6H2,1H3,(H,22,24)(H,21,25,27). The SMILES string of the molecule is CCCCCCC(=O)NN=Cc1c(O)n(-c2ccc(Cl)cc2)c(=O)[nH]c1=O. The van der Waals surface area contributed by atoms with Gasteiger partial charge in [-0.3, -0.25) is 14.6 Å². The fourth-order valence-corrected chi connectivity index (χ4v) is 2.55. The lowest BCUT2D eigenvalue weighted by Gasteiger charge is -2.09. The largest absolute Gasteiger partial charge is 0.493 e.